The van der Waals surface area contributed by atoms with Gasteiger partial charge in [-0.3, -0.25) is 4.21 Å². The first-order valence-corrected chi connectivity index (χ1v) is 6.71. The molecule has 3 heteroatoms. The third-order valence-corrected chi connectivity index (χ3v) is 3.62. The lowest BCUT2D eigenvalue weighted by molar-refractivity contribution is 0.670. The van der Waals surface area contributed by atoms with Gasteiger partial charge in [-0.15, -0.1) is 0 Å². The average molecular weight is 225 g/mol. The summed E-state index contributed by atoms with van der Waals surface area (Å²) in [6.07, 6.45) is 0.967. The second-order valence-electron chi connectivity index (χ2n) is 3.57. The smallest absolute Gasteiger partial charge is 0.0530 e. The van der Waals surface area contributed by atoms with Crippen molar-refractivity contribution in [1.82, 2.24) is 5.32 Å². The standard InChI is InChI=1S/C12H19NOS/c1-3-13-8-5-9-15(14)12-7-4-6-11(2)10-12/h4,6-7,10,13H,3,5,8-9H2,1-2H3. The normalized spacial score (nSPS) is 12.7. The van der Waals surface area contributed by atoms with Gasteiger partial charge < -0.3 is 5.32 Å². The SMILES string of the molecule is CCNCCCS(=O)c1cccc(C)c1. The molecule has 2 nitrogen and oxygen atoms in total. The topological polar surface area (TPSA) is 29.1 Å². The molecule has 84 valence electrons. The van der Waals surface area contributed by atoms with E-state index < -0.39 is 10.8 Å². The van der Waals surface area contributed by atoms with Gasteiger partial charge in [-0.2, -0.15) is 0 Å². The van der Waals surface area contributed by atoms with E-state index in [0.29, 0.717) is 0 Å². The van der Waals surface area contributed by atoms with Gasteiger partial charge >= 0.3 is 0 Å². The molecule has 0 saturated heterocycles. The zero-order valence-corrected chi connectivity index (χ0v) is 10.3. The monoisotopic (exact) mass is 225 g/mol. The number of rotatable bonds is 6. The van der Waals surface area contributed by atoms with Gasteiger partial charge in [0.25, 0.3) is 0 Å². The molecule has 0 fully saturated rings. The summed E-state index contributed by atoms with van der Waals surface area (Å²) in [5.41, 5.74) is 1.17. The zero-order chi connectivity index (χ0) is 11.1. The van der Waals surface area contributed by atoms with Gasteiger partial charge in [0.05, 0.1) is 10.8 Å². The molecular formula is C12H19NOS. The minimum absolute atomic E-state index is 0.746. The highest BCUT2D eigenvalue weighted by molar-refractivity contribution is 7.85. The van der Waals surface area contributed by atoms with Crippen LogP contribution in [0.25, 0.3) is 0 Å². The van der Waals surface area contributed by atoms with Crippen molar-refractivity contribution in [3.05, 3.63) is 29.8 Å². The fourth-order valence-electron chi connectivity index (χ4n) is 1.38. The minimum atomic E-state index is -0.837. The highest BCUT2D eigenvalue weighted by Gasteiger charge is 2.02. The summed E-state index contributed by atoms with van der Waals surface area (Å²) in [6, 6.07) is 7.94. The van der Waals surface area contributed by atoms with Gasteiger partial charge in [-0.05, 0) is 44.1 Å². The molecule has 0 spiro atoms. The summed E-state index contributed by atoms with van der Waals surface area (Å²) in [5.74, 6) is 0.746. The summed E-state index contributed by atoms with van der Waals surface area (Å²) >= 11 is 0. The third kappa shape index (κ3) is 4.58. The van der Waals surface area contributed by atoms with Gasteiger partial charge in [-0.25, -0.2) is 0 Å². The van der Waals surface area contributed by atoms with E-state index in [1.165, 1.54) is 5.56 Å². The molecule has 1 aromatic carbocycles. The van der Waals surface area contributed by atoms with Gasteiger partial charge in [0.2, 0.25) is 0 Å². The largest absolute Gasteiger partial charge is 0.317 e. The van der Waals surface area contributed by atoms with Crippen LogP contribution >= 0.6 is 0 Å². The fraction of sp³-hybridized carbons (Fsp3) is 0.500. The van der Waals surface area contributed by atoms with Crippen LogP contribution in [-0.2, 0) is 10.8 Å². The van der Waals surface area contributed by atoms with Crippen LogP contribution in [0.3, 0.4) is 0 Å². The Hall–Kier alpha value is -0.670. The Kier molecular flexibility index (Phi) is 5.58. The minimum Gasteiger partial charge on any atom is -0.317 e. The molecule has 1 rings (SSSR count). The van der Waals surface area contributed by atoms with Crippen LogP contribution in [0.4, 0.5) is 0 Å². The van der Waals surface area contributed by atoms with Crippen molar-refractivity contribution in [3.8, 4) is 0 Å². The van der Waals surface area contributed by atoms with Crippen LogP contribution in [0, 0.1) is 6.92 Å². The van der Waals surface area contributed by atoms with Crippen LogP contribution in [0.15, 0.2) is 29.2 Å². The Bertz CT molecular complexity index is 325. The van der Waals surface area contributed by atoms with E-state index >= 15 is 0 Å². The first kappa shape index (κ1) is 12.4. The molecule has 0 saturated carbocycles. The second kappa shape index (κ2) is 6.75. The molecular weight excluding hydrogens is 206 g/mol. The number of hydrogen-bond acceptors (Lipinski definition) is 2. The molecule has 0 aliphatic carbocycles. The van der Waals surface area contributed by atoms with Crippen LogP contribution in [0.5, 0.6) is 0 Å². The average Bonchev–Trinajstić information content (AvgIpc) is 2.24. The zero-order valence-electron chi connectivity index (χ0n) is 9.45. The maximum absolute atomic E-state index is 11.8. The highest BCUT2D eigenvalue weighted by Crippen LogP contribution is 2.09. The van der Waals surface area contributed by atoms with Crippen LogP contribution < -0.4 is 5.32 Å². The lowest BCUT2D eigenvalue weighted by Crippen LogP contribution is -2.16. The number of benzene rings is 1. The molecule has 0 radical (unpaired) electrons. The van der Waals surface area contributed by atoms with Crippen molar-refractivity contribution in [3.63, 3.8) is 0 Å². The fourth-order valence-corrected chi connectivity index (χ4v) is 2.57. The molecule has 1 atom stereocenters. The van der Waals surface area contributed by atoms with Crippen molar-refractivity contribution in [2.24, 2.45) is 0 Å². The maximum Gasteiger partial charge on any atom is 0.0530 e. The van der Waals surface area contributed by atoms with Crippen molar-refractivity contribution in [2.75, 3.05) is 18.8 Å². The molecule has 1 unspecified atom stereocenters. The second-order valence-corrected chi connectivity index (χ2v) is 5.14. The van der Waals surface area contributed by atoms with Crippen LogP contribution in [-0.4, -0.2) is 23.1 Å². The molecule has 0 aliphatic rings. The van der Waals surface area contributed by atoms with E-state index in [2.05, 4.69) is 12.2 Å². The predicted octanol–water partition coefficient (Wildman–Crippen LogP) is 2.10. The van der Waals surface area contributed by atoms with E-state index in [1.807, 2.05) is 31.2 Å². The van der Waals surface area contributed by atoms with Gasteiger partial charge in [0.1, 0.15) is 0 Å². The highest BCUT2D eigenvalue weighted by atomic mass is 32.2. The van der Waals surface area contributed by atoms with E-state index in [9.17, 15) is 4.21 Å². The first-order valence-electron chi connectivity index (χ1n) is 5.40. The van der Waals surface area contributed by atoms with E-state index in [0.717, 1.165) is 30.2 Å². The predicted molar refractivity (Wildman–Crippen MR) is 65.6 cm³/mol. The first-order chi connectivity index (χ1) is 7.24. The van der Waals surface area contributed by atoms with Crippen molar-refractivity contribution >= 4 is 10.8 Å². The maximum atomic E-state index is 11.8. The van der Waals surface area contributed by atoms with E-state index in [-0.39, 0.29) is 0 Å². The summed E-state index contributed by atoms with van der Waals surface area (Å²) < 4.78 is 11.8. The molecule has 0 aromatic heterocycles. The molecule has 15 heavy (non-hydrogen) atoms. The lowest BCUT2D eigenvalue weighted by atomic mass is 10.2. The van der Waals surface area contributed by atoms with Crippen LogP contribution in [0.2, 0.25) is 0 Å². The Morgan fingerprint density at radius 1 is 1.40 bits per heavy atom. The number of hydrogen-bond donors (Lipinski definition) is 1. The Morgan fingerprint density at radius 2 is 2.20 bits per heavy atom. The van der Waals surface area contributed by atoms with Gasteiger partial charge in [0, 0.05) is 10.6 Å². The summed E-state index contributed by atoms with van der Waals surface area (Å²) in [5, 5.41) is 3.23. The molecule has 1 N–H and O–H groups in total. The third-order valence-electron chi connectivity index (χ3n) is 2.19. The quantitative estimate of drug-likeness (QED) is 0.751. The van der Waals surface area contributed by atoms with E-state index in [4.69, 9.17) is 0 Å². The number of aryl methyl sites for hydroxylation is 1. The van der Waals surface area contributed by atoms with Crippen molar-refractivity contribution < 1.29 is 4.21 Å². The van der Waals surface area contributed by atoms with E-state index in [1.54, 1.807) is 0 Å². The Balaban J connectivity index is 2.40. The summed E-state index contributed by atoms with van der Waals surface area (Å²) in [6.45, 7) is 6.04. The Morgan fingerprint density at radius 3 is 2.87 bits per heavy atom. The molecule has 0 aliphatic heterocycles. The van der Waals surface area contributed by atoms with Crippen LogP contribution in [0.1, 0.15) is 18.9 Å². The van der Waals surface area contributed by atoms with Crippen molar-refractivity contribution in [1.29, 1.82) is 0 Å². The lowest BCUT2D eigenvalue weighted by Gasteiger charge is -2.03. The molecule has 0 heterocycles. The summed E-state index contributed by atoms with van der Waals surface area (Å²) in [4.78, 5) is 0.950. The van der Waals surface area contributed by atoms with Crippen molar-refractivity contribution in [2.45, 2.75) is 25.2 Å². The van der Waals surface area contributed by atoms with Gasteiger partial charge in [-0.1, -0.05) is 19.1 Å². The Labute approximate surface area is 94.5 Å². The van der Waals surface area contributed by atoms with Gasteiger partial charge in [0.15, 0.2) is 0 Å². The number of nitrogens with one attached hydrogen (secondary N) is 1. The summed E-state index contributed by atoms with van der Waals surface area (Å²) in [7, 11) is -0.837. The molecule has 1 aromatic rings. The molecule has 0 amide bonds. The molecule has 0 bridgehead atoms.